The molecular weight excluding hydrogens is 376 g/mol. The lowest BCUT2D eigenvalue weighted by Crippen LogP contribution is -2.03. The maximum atomic E-state index is 12.2. The maximum Gasteiger partial charge on any atom is 0.169 e. The summed E-state index contributed by atoms with van der Waals surface area (Å²) in [6.07, 6.45) is 9.44. The van der Waals surface area contributed by atoms with Crippen molar-refractivity contribution < 1.29 is 19.0 Å². The zero-order chi connectivity index (χ0) is 21.2. The van der Waals surface area contributed by atoms with Crippen molar-refractivity contribution in [3.63, 3.8) is 0 Å². The van der Waals surface area contributed by atoms with Crippen LogP contribution in [0.5, 0.6) is 23.0 Å². The van der Waals surface area contributed by atoms with Crippen LogP contribution in [0.3, 0.4) is 0 Å². The monoisotopic (exact) mass is 410 g/mol. The summed E-state index contributed by atoms with van der Waals surface area (Å²) in [7, 11) is 1.66. The number of ketones is 1. The van der Waals surface area contributed by atoms with Gasteiger partial charge in [-0.05, 0) is 67.5 Å². The van der Waals surface area contributed by atoms with Crippen LogP contribution in [0.1, 0.15) is 69.4 Å². The number of benzene rings is 2. The molecule has 4 bridgehead atoms. The Kier molecular flexibility index (Phi) is 8.61. The summed E-state index contributed by atoms with van der Waals surface area (Å²) in [5.74, 6) is 3.17. The fourth-order valence-electron chi connectivity index (χ4n) is 3.75. The van der Waals surface area contributed by atoms with Crippen LogP contribution in [-0.2, 0) is 17.6 Å². The van der Waals surface area contributed by atoms with Gasteiger partial charge in [0.2, 0.25) is 0 Å². The van der Waals surface area contributed by atoms with Gasteiger partial charge in [0.15, 0.2) is 23.0 Å². The second-order valence-corrected chi connectivity index (χ2v) is 8.02. The van der Waals surface area contributed by atoms with Crippen molar-refractivity contribution in [2.75, 3.05) is 13.7 Å². The molecule has 0 fully saturated rings. The summed E-state index contributed by atoms with van der Waals surface area (Å²) in [4.78, 5) is 12.2. The molecule has 0 N–H and O–H groups in total. The predicted molar refractivity (Wildman–Crippen MR) is 120 cm³/mol. The predicted octanol–water partition coefficient (Wildman–Crippen LogP) is 6.67. The van der Waals surface area contributed by atoms with Gasteiger partial charge in [0.05, 0.1) is 13.7 Å². The lowest BCUT2D eigenvalue weighted by atomic mass is 10.0. The van der Waals surface area contributed by atoms with Gasteiger partial charge < -0.3 is 14.2 Å². The number of methoxy groups -OCH3 is 1. The molecule has 0 saturated heterocycles. The fourth-order valence-corrected chi connectivity index (χ4v) is 3.75. The summed E-state index contributed by atoms with van der Waals surface area (Å²) in [5.41, 5.74) is 2.28. The largest absolute Gasteiger partial charge is 0.493 e. The molecule has 2 aromatic carbocycles. The summed E-state index contributed by atoms with van der Waals surface area (Å²) >= 11 is 0. The second kappa shape index (κ2) is 11.6. The zero-order valence-corrected chi connectivity index (χ0v) is 18.4. The van der Waals surface area contributed by atoms with E-state index in [-0.39, 0.29) is 0 Å². The number of ether oxygens (including phenoxy) is 3. The van der Waals surface area contributed by atoms with Crippen LogP contribution in [0.2, 0.25) is 0 Å². The van der Waals surface area contributed by atoms with Crippen LogP contribution >= 0.6 is 0 Å². The van der Waals surface area contributed by atoms with Crippen molar-refractivity contribution in [1.29, 1.82) is 0 Å². The number of hydrogen-bond acceptors (Lipinski definition) is 4. The molecular formula is C26H34O4. The Balaban J connectivity index is 1.87. The number of unbranched alkanes of at least 4 members (excludes halogenated alkanes) is 3. The fraction of sp³-hybridized carbons (Fsp3) is 0.500. The number of hydrogen-bond donors (Lipinski definition) is 0. The highest BCUT2D eigenvalue weighted by molar-refractivity contribution is 5.78. The summed E-state index contributed by atoms with van der Waals surface area (Å²) in [6, 6.07) is 12.1. The van der Waals surface area contributed by atoms with Gasteiger partial charge >= 0.3 is 0 Å². The third-order valence-corrected chi connectivity index (χ3v) is 5.58. The van der Waals surface area contributed by atoms with Gasteiger partial charge in [-0.3, -0.25) is 4.79 Å². The molecule has 1 aliphatic heterocycles. The van der Waals surface area contributed by atoms with E-state index < -0.39 is 0 Å². The van der Waals surface area contributed by atoms with E-state index in [4.69, 9.17) is 14.2 Å². The molecule has 0 spiro atoms. The van der Waals surface area contributed by atoms with Gasteiger partial charge in [-0.25, -0.2) is 0 Å². The minimum atomic E-state index is 0.334. The van der Waals surface area contributed by atoms with E-state index in [0.717, 1.165) is 43.4 Å². The maximum absolute atomic E-state index is 12.2. The number of carbonyl (C=O) groups is 1. The smallest absolute Gasteiger partial charge is 0.169 e. The third kappa shape index (κ3) is 6.51. The molecule has 0 atom stereocenters. The Labute approximate surface area is 180 Å². The standard InChI is InChI=1S/C26H34O4/c1-3-4-5-8-17-29-24-16-13-21-11-14-22(27)10-7-6-9-20-12-15-23(28-2)25(18-20)30-26(24)19-21/h12-13,15-16,18-19H,3-11,14,17H2,1-2H3. The molecule has 0 amide bonds. The topological polar surface area (TPSA) is 44.8 Å². The highest BCUT2D eigenvalue weighted by atomic mass is 16.5. The van der Waals surface area contributed by atoms with Crippen LogP contribution in [-0.4, -0.2) is 19.5 Å². The third-order valence-electron chi connectivity index (χ3n) is 5.58. The van der Waals surface area contributed by atoms with Crippen LogP contribution in [0, 0.1) is 0 Å². The molecule has 1 heterocycles. The van der Waals surface area contributed by atoms with Gasteiger partial charge in [0.25, 0.3) is 0 Å². The number of fused-ring (bicyclic) bond motifs is 4. The van der Waals surface area contributed by atoms with E-state index in [9.17, 15) is 4.79 Å². The second-order valence-electron chi connectivity index (χ2n) is 8.02. The molecule has 4 heteroatoms. The van der Waals surface area contributed by atoms with Crippen molar-refractivity contribution in [2.24, 2.45) is 0 Å². The van der Waals surface area contributed by atoms with E-state index in [0.29, 0.717) is 42.5 Å². The first kappa shape index (κ1) is 22.2. The number of Topliss-reactive ketones (excluding diaryl/α,β-unsaturated/α-hetero) is 1. The molecule has 2 aromatic rings. The van der Waals surface area contributed by atoms with E-state index in [1.54, 1.807) is 7.11 Å². The average molecular weight is 411 g/mol. The molecule has 30 heavy (non-hydrogen) atoms. The Hall–Kier alpha value is -2.49. The number of rotatable bonds is 7. The van der Waals surface area contributed by atoms with Crippen LogP contribution in [0.4, 0.5) is 0 Å². The van der Waals surface area contributed by atoms with Crippen molar-refractivity contribution in [3.8, 4) is 23.0 Å². The molecule has 0 unspecified atom stereocenters. The van der Waals surface area contributed by atoms with Crippen LogP contribution in [0.15, 0.2) is 36.4 Å². The Bertz CT molecular complexity index is 828. The average Bonchev–Trinajstić information content (AvgIpc) is 2.76. The highest BCUT2D eigenvalue weighted by Gasteiger charge is 2.14. The van der Waals surface area contributed by atoms with Gasteiger partial charge in [0.1, 0.15) is 5.78 Å². The van der Waals surface area contributed by atoms with Crippen molar-refractivity contribution in [1.82, 2.24) is 0 Å². The summed E-state index contributed by atoms with van der Waals surface area (Å²) in [6.45, 7) is 2.88. The first-order valence-corrected chi connectivity index (χ1v) is 11.3. The van der Waals surface area contributed by atoms with Gasteiger partial charge in [0, 0.05) is 12.8 Å². The molecule has 0 aromatic heterocycles. The normalized spacial score (nSPS) is 14.5. The van der Waals surface area contributed by atoms with E-state index in [1.807, 2.05) is 30.3 Å². The Morgan fingerprint density at radius 3 is 2.30 bits per heavy atom. The molecule has 162 valence electrons. The van der Waals surface area contributed by atoms with Crippen molar-refractivity contribution >= 4 is 5.78 Å². The van der Waals surface area contributed by atoms with Gasteiger partial charge in [-0.15, -0.1) is 0 Å². The lowest BCUT2D eigenvalue weighted by Gasteiger charge is -2.17. The summed E-state index contributed by atoms with van der Waals surface area (Å²) < 4.78 is 17.9. The SMILES string of the molecule is CCCCCCOc1ccc2cc1Oc1cc(ccc1OC)CCCCC(=O)CC2. The van der Waals surface area contributed by atoms with Crippen LogP contribution < -0.4 is 14.2 Å². The van der Waals surface area contributed by atoms with Gasteiger partial charge in [-0.2, -0.15) is 0 Å². The number of aryl methyl sites for hydroxylation is 2. The van der Waals surface area contributed by atoms with E-state index >= 15 is 0 Å². The van der Waals surface area contributed by atoms with E-state index in [1.165, 1.54) is 24.8 Å². The molecule has 0 aliphatic carbocycles. The Morgan fingerprint density at radius 1 is 0.833 bits per heavy atom. The van der Waals surface area contributed by atoms with Crippen LogP contribution in [0.25, 0.3) is 0 Å². The lowest BCUT2D eigenvalue weighted by molar-refractivity contribution is -0.119. The Morgan fingerprint density at radius 2 is 1.53 bits per heavy atom. The van der Waals surface area contributed by atoms with Crippen molar-refractivity contribution in [2.45, 2.75) is 71.1 Å². The first-order chi connectivity index (χ1) is 14.7. The minimum absolute atomic E-state index is 0.334. The molecule has 3 rings (SSSR count). The van der Waals surface area contributed by atoms with Crippen molar-refractivity contribution in [3.05, 3.63) is 47.5 Å². The number of carbonyl (C=O) groups excluding carboxylic acids is 1. The molecule has 4 nitrogen and oxygen atoms in total. The van der Waals surface area contributed by atoms with E-state index in [2.05, 4.69) is 13.0 Å². The zero-order valence-electron chi connectivity index (χ0n) is 18.4. The highest BCUT2D eigenvalue weighted by Crippen LogP contribution is 2.38. The molecule has 0 saturated carbocycles. The summed E-state index contributed by atoms with van der Waals surface area (Å²) in [5, 5.41) is 0. The quantitative estimate of drug-likeness (QED) is 0.478. The van der Waals surface area contributed by atoms with Gasteiger partial charge in [-0.1, -0.05) is 38.3 Å². The molecule has 0 radical (unpaired) electrons. The minimum Gasteiger partial charge on any atom is -0.493 e. The molecule has 1 aliphatic rings. The first-order valence-electron chi connectivity index (χ1n) is 11.3.